The van der Waals surface area contributed by atoms with E-state index in [-0.39, 0.29) is 5.75 Å². The average molecular weight is 288 g/mol. The molecule has 1 heterocycles. The van der Waals surface area contributed by atoms with Gasteiger partial charge in [0.25, 0.3) is 0 Å². The molecule has 1 aromatic heterocycles. The highest BCUT2D eigenvalue weighted by molar-refractivity contribution is 7.89. The molecule has 1 rings (SSSR count). The zero-order valence-electron chi connectivity index (χ0n) is 12.0. The third kappa shape index (κ3) is 5.71. The number of hydrogen-bond acceptors (Lipinski definition) is 4. The number of sulfonamides is 1. The Labute approximate surface area is 116 Å². The van der Waals surface area contributed by atoms with Crippen molar-refractivity contribution in [1.29, 1.82) is 0 Å². The summed E-state index contributed by atoms with van der Waals surface area (Å²) in [6.07, 6.45) is 4.36. The Kier molecular flexibility index (Phi) is 6.47. The van der Waals surface area contributed by atoms with Gasteiger partial charge in [0.1, 0.15) is 0 Å². The molecule has 0 unspecified atom stereocenters. The molecule has 110 valence electrons. The SMILES string of the molecule is CCN(CCCS(=O)(=O)N(C)C)CCn1cccn1. The Balaban J connectivity index is 2.29. The second-order valence-corrected chi connectivity index (χ2v) is 6.96. The molecule has 0 aliphatic rings. The molecule has 0 saturated carbocycles. The van der Waals surface area contributed by atoms with E-state index in [1.54, 1.807) is 20.3 Å². The fraction of sp³-hybridized carbons (Fsp3) is 0.750. The predicted octanol–water partition coefficient (Wildman–Crippen LogP) is 0.487. The van der Waals surface area contributed by atoms with E-state index in [1.165, 1.54) is 4.31 Å². The van der Waals surface area contributed by atoms with E-state index in [2.05, 4.69) is 16.9 Å². The quantitative estimate of drug-likeness (QED) is 0.663. The first-order chi connectivity index (χ1) is 8.95. The summed E-state index contributed by atoms with van der Waals surface area (Å²) in [4.78, 5) is 2.24. The molecule has 0 bridgehead atoms. The first-order valence-corrected chi connectivity index (χ1v) is 8.16. The summed E-state index contributed by atoms with van der Waals surface area (Å²) in [6, 6.07) is 1.90. The van der Waals surface area contributed by atoms with Crippen LogP contribution in [-0.4, -0.2) is 66.9 Å². The van der Waals surface area contributed by atoms with Crippen LogP contribution in [-0.2, 0) is 16.6 Å². The summed E-state index contributed by atoms with van der Waals surface area (Å²) in [5.74, 6) is 0.207. The summed E-state index contributed by atoms with van der Waals surface area (Å²) in [5.41, 5.74) is 0. The van der Waals surface area contributed by atoms with Gasteiger partial charge < -0.3 is 4.90 Å². The van der Waals surface area contributed by atoms with Gasteiger partial charge in [0.15, 0.2) is 0 Å². The van der Waals surface area contributed by atoms with Crippen LogP contribution < -0.4 is 0 Å². The summed E-state index contributed by atoms with van der Waals surface area (Å²) in [6.45, 7) is 5.53. The molecule has 1 aromatic rings. The molecule has 0 fully saturated rings. The lowest BCUT2D eigenvalue weighted by atomic mass is 10.4. The summed E-state index contributed by atoms with van der Waals surface area (Å²) >= 11 is 0. The second kappa shape index (κ2) is 7.62. The molecule has 0 amide bonds. The van der Waals surface area contributed by atoms with Crippen LogP contribution in [0.1, 0.15) is 13.3 Å². The molecule has 19 heavy (non-hydrogen) atoms. The highest BCUT2D eigenvalue weighted by Crippen LogP contribution is 2.00. The fourth-order valence-electron chi connectivity index (χ4n) is 1.76. The largest absolute Gasteiger partial charge is 0.302 e. The van der Waals surface area contributed by atoms with Gasteiger partial charge in [0, 0.05) is 33.0 Å². The van der Waals surface area contributed by atoms with Gasteiger partial charge >= 0.3 is 0 Å². The Morgan fingerprint density at radius 2 is 2.00 bits per heavy atom. The topological polar surface area (TPSA) is 58.4 Å². The maximum Gasteiger partial charge on any atom is 0.213 e. The minimum atomic E-state index is -3.07. The van der Waals surface area contributed by atoms with Gasteiger partial charge in [-0.05, 0) is 25.6 Å². The van der Waals surface area contributed by atoms with Crippen molar-refractivity contribution in [2.75, 3.05) is 39.5 Å². The van der Waals surface area contributed by atoms with Crippen molar-refractivity contribution in [2.24, 2.45) is 0 Å². The lowest BCUT2D eigenvalue weighted by molar-refractivity contribution is 0.272. The maximum atomic E-state index is 11.6. The molecule has 0 spiro atoms. The third-order valence-electron chi connectivity index (χ3n) is 3.08. The Morgan fingerprint density at radius 3 is 2.53 bits per heavy atom. The van der Waals surface area contributed by atoms with E-state index in [1.807, 2.05) is 16.9 Å². The summed E-state index contributed by atoms with van der Waals surface area (Å²) in [7, 11) is 0.0770. The smallest absolute Gasteiger partial charge is 0.213 e. The molecular weight excluding hydrogens is 264 g/mol. The van der Waals surface area contributed by atoms with Crippen LogP contribution in [0.5, 0.6) is 0 Å². The van der Waals surface area contributed by atoms with E-state index in [9.17, 15) is 8.42 Å². The van der Waals surface area contributed by atoms with Crippen LogP contribution in [0.2, 0.25) is 0 Å². The fourth-order valence-corrected chi connectivity index (χ4v) is 2.62. The van der Waals surface area contributed by atoms with Gasteiger partial charge in [-0.15, -0.1) is 0 Å². The Hall–Kier alpha value is -0.920. The average Bonchev–Trinajstić information content (AvgIpc) is 2.86. The normalized spacial score (nSPS) is 12.5. The van der Waals surface area contributed by atoms with Crippen molar-refractivity contribution in [1.82, 2.24) is 19.0 Å². The van der Waals surface area contributed by atoms with Crippen molar-refractivity contribution in [2.45, 2.75) is 19.9 Å². The molecule has 0 aromatic carbocycles. The summed E-state index contributed by atoms with van der Waals surface area (Å²) in [5, 5.41) is 4.15. The van der Waals surface area contributed by atoms with E-state index in [4.69, 9.17) is 0 Å². The minimum Gasteiger partial charge on any atom is -0.302 e. The van der Waals surface area contributed by atoms with Gasteiger partial charge in [-0.1, -0.05) is 6.92 Å². The van der Waals surface area contributed by atoms with Crippen LogP contribution in [0, 0.1) is 0 Å². The predicted molar refractivity (Wildman–Crippen MR) is 76.4 cm³/mol. The number of rotatable bonds is 9. The number of hydrogen-bond donors (Lipinski definition) is 0. The van der Waals surface area contributed by atoms with Crippen molar-refractivity contribution in [3.8, 4) is 0 Å². The molecule has 6 nitrogen and oxygen atoms in total. The van der Waals surface area contributed by atoms with Gasteiger partial charge in [0.2, 0.25) is 10.0 Å². The highest BCUT2D eigenvalue weighted by atomic mass is 32.2. The number of likely N-dealkylation sites (N-methyl/N-ethyl adjacent to an activating group) is 1. The highest BCUT2D eigenvalue weighted by Gasteiger charge is 2.13. The Bertz CT molecular complexity index is 442. The van der Waals surface area contributed by atoms with Crippen LogP contribution in [0.25, 0.3) is 0 Å². The molecule has 7 heteroatoms. The van der Waals surface area contributed by atoms with E-state index < -0.39 is 10.0 Å². The van der Waals surface area contributed by atoms with Crippen LogP contribution in [0.4, 0.5) is 0 Å². The molecule has 0 aliphatic heterocycles. The van der Waals surface area contributed by atoms with E-state index in [0.717, 1.165) is 26.2 Å². The van der Waals surface area contributed by atoms with Gasteiger partial charge in [-0.3, -0.25) is 4.68 Å². The van der Waals surface area contributed by atoms with Crippen LogP contribution in [0.3, 0.4) is 0 Å². The molecule has 0 aliphatic carbocycles. The third-order valence-corrected chi connectivity index (χ3v) is 5.00. The number of nitrogens with zero attached hydrogens (tertiary/aromatic N) is 4. The monoisotopic (exact) mass is 288 g/mol. The molecule has 0 N–H and O–H groups in total. The van der Waals surface area contributed by atoms with Crippen molar-refractivity contribution in [3.63, 3.8) is 0 Å². The molecule has 0 atom stereocenters. The van der Waals surface area contributed by atoms with Crippen molar-refractivity contribution < 1.29 is 8.42 Å². The van der Waals surface area contributed by atoms with E-state index in [0.29, 0.717) is 6.42 Å². The van der Waals surface area contributed by atoms with Crippen LogP contribution in [0.15, 0.2) is 18.5 Å². The molecule has 0 radical (unpaired) electrons. The Morgan fingerprint density at radius 1 is 1.26 bits per heavy atom. The first-order valence-electron chi connectivity index (χ1n) is 6.55. The van der Waals surface area contributed by atoms with Crippen molar-refractivity contribution >= 4 is 10.0 Å². The standard InChI is InChI=1S/C12H24N4O2S/c1-4-15(10-11-16-9-5-7-13-16)8-6-12-19(17,18)14(2)3/h5,7,9H,4,6,8,10-12H2,1-3H3. The van der Waals surface area contributed by atoms with Gasteiger partial charge in [0.05, 0.1) is 12.3 Å². The first kappa shape index (κ1) is 16.1. The molecule has 0 saturated heterocycles. The van der Waals surface area contributed by atoms with Gasteiger partial charge in [-0.2, -0.15) is 5.10 Å². The second-order valence-electron chi connectivity index (χ2n) is 4.66. The van der Waals surface area contributed by atoms with E-state index >= 15 is 0 Å². The van der Waals surface area contributed by atoms with Crippen LogP contribution >= 0.6 is 0 Å². The van der Waals surface area contributed by atoms with Gasteiger partial charge in [-0.25, -0.2) is 12.7 Å². The maximum absolute atomic E-state index is 11.6. The van der Waals surface area contributed by atoms with Crippen molar-refractivity contribution in [3.05, 3.63) is 18.5 Å². The lowest BCUT2D eigenvalue weighted by Crippen LogP contribution is -2.31. The minimum absolute atomic E-state index is 0.207. The zero-order chi connectivity index (χ0) is 14.3. The zero-order valence-corrected chi connectivity index (χ0v) is 12.8. The summed E-state index contributed by atoms with van der Waals surface area (Å²) < 4.78 is 26.4. The molecular formula is C12H24N4O2S. The lowest BCUT2D eigenvalue weighted by Gasteiger charge is -2.20. The number of aromatic nitrogens is 2.